The minimum Gasteiger partial charge on any atom is -0.461 e. The van der Waals surface area contributed by atoms with Crippen molar-refractivity contribution in [1.82, 2.24) is 4.98 Å². The molecule has 1 saturated carbocycles. The van der Waals surface area contributed by atoms with Gasteiger partial charge >= 0.3 is 5.97 Å². The Morgan fingerprint density at radius 3 is 3.12 bits per heavy atom. The fourth-order valence-corrected chi connectivity index (χ4v) is 4.09. The van der Waals surface area contributed by atoms with Gasteiger partial charge in [-0.3, -0.25) is 4.79 Å². The molecule has 3 rings (SSSR count). The van der Waals surface area contributed by atoms with Gasteiger partial charge in [0.25, 0.3) is 0 Å². The Labute approximate surface area is 105 Å². The Balaban J connectivity index is 1.87. The third-order valence-corrected chi connectivity index (χ3v) is 5.12. The number of esters is 1. The van der Waals surface area contributed by atoms with Gasteiger partial charge in [0.2, 0.25) is 0 Å². The molecule has 0 bridgehead atoms. The summed E-state index contributed by atoms with van der Waals surface area (Å²) in [4.78, 5) is 16.3. The number of hydrogen-bond donors (Lipinski definition) is 0. The third kappa shape index (κ3) is 1.75. The van der Waals surface area contributed by atoms with Crippen molar-refractivity contribution in [2.24, 2.45) is 5.92 Å². The average Bonchev–Trinajstić information content (AvgIpc) is 2.86. The van der Waals surface area contributed by atoms with Gasteiger partial charge in [-0.05, 0) is 38.3 Å². The minimum atomic E-state index is -0.449. The predicted molar refractivity (Wildman–Crippen MR) is 65.7 cm³/mol. The molecule has 2 fully saturated rings. The molecule has 2 heterocycles. The van der Waals surface area contributed by atoms with Gasteiger partial charge in [0, 0.05) is 12.1 Å². The standard InChI is InChI=1S/C13H15NO2S/c1-13(17-11-7-2-3-8-14-11)9-5-4-6-10(9)16-12(13)15/h2-3,7-10H,4-6H2,1H3/t9-,10+,13+/m1/s1. The maximum absolute atomic E-state index is 12.0. The van der Waals surface area contributed by atoms with Crippen molar-refractivity contribution in [2.75, 3.05) is 0 Å². The zero-order valence-corrected chi connectivity index (χ0v) is 10.6. The summed E-state index contributed by atoms with van der Waals surface area (Å²) in [6.07, 6.45) is 5.18. The quantitative estimate of drug-likeness (QED) is 0.755. The van der Waals surface area contributed by atoms with E-state index in [4.69, 9.17) is 4.74 Å². The molecule has 3 atom stereocenters. The van der Waals surface area contributed by atoms with E-state index in [2.05, 4.69) is 4.98 Å². The summed E-state index contributed by atoms with van der Waals surface area (Å²) in [5.74, 6) is 0.282. The normalized spacial score (nSPS) is 35.7. The number of nitrogens with zero attached hydrogens (tertiary/aromatic N) is 1. The molecule has 2 aliphatic rings. The minimum absolute atomic E-state index is 0.0668. The van der Waals surface area contributed by atoms with Crippen molar-refractivity contribution in [3.05, 3.63) is 24.4 Å². The molecule has 0 radical (unpaired) electrons. The molecular formula is C13H15NO2S. The van der Waals surface area contributed by atoms with E-state index in [0.717, 1.165) is 17.9 Å². The highest BCUT2D eigenvalue weighted by molar-refractivity contribution is 8.01. The summed E-state index contributed by atoms with van der Waals surface area (Å²) < 4.78 is 5.04. The van der Waals surface area contributed by atoms with Crippen molar-refractivity contribution < 1.29 is 9.53 Å². The van der Waals surface area contributed by atoms with Crippen LogP contribution in [-0.2, 0) is 9.53 Å². The van der Waals surface area contributed by atoms with Crippen LogP contribution in [0.2, 0.25) is 0 Å². The van der Waals surface area contributed by atoms with Gasteiger partial charge in [-0.25, -0.2) is 4.98 Å². The van der Waals surface area contributed by atoms with Gasteiger partial charge in [-0.15, -0.1) is 0 Å². The number of rotatable bonds is 2. The summed E-state index contributed by atoms with van der Waals surface area (Å²) >= 11 is 1.55. The van der Waals surface area contributed by atoms with Gasteiger partial charge in [-0.1, -0.05) is 17.8 Å². The Bertz CT molecular complexity index is 436. The van der Waals surface area contributed by atoms with E-state index in [1.54, 1.807) is 18.0 Å². The fraction of sp³-hybridized carbons (Fsp3) is 0.538. The Morgan fingerprint density at radius 2 is 2.35 bits per heavy atom. The van der Waals surface area contributed by atoms with E-state index < -0.39 is 4.75 Å². The summed E-state index contributed by atoms with van der Waals surface area (Å²) in [6, 6.07) is 5.79. The Hall–Kier alpha value is -1.03. The lowest BCUT2D eigenvalue weighted by atomic mass is 9.93. The zero-order chi connectivity index (χ0) is 11.9. The number of carbonyl (C=O) groups is 1. The molecule has 1 aromatic heterocycles. The first-order valence-electron chi connectivity index (χ1n) is 6.01. The summed E-state index contributed by atoms with van der Waals surface area (Å²) in [5, 5.41) is 0.902. The number of fused-ring (bicyclic) bond motifs is 1. The topological polar surface area (TPSA) is 39.2 Å². The van der Waals surface area contributed by atoms with Gasteiger partial charge in [-0.2, -0.15) is 0 Å². The lowest BCUT2D eigenvalue weighted by Gasteiger charge is -2.24. The summed E-state index contributed by atoms with van der Waals surface area (Å²) in [5.41, 5.74) is 0. The molecule has 0 unspecified atom stereocenters. The van der Waals surface area contributed by atoms with Crippen LogP contribution in [0.15, 0.2) is 29.4 Å². The van der Waals surface area contributed by atoms with Gasteiger partial charge in [0.15, 0.2) is 0 Å². The number of pyridine rings is 1. The second-order valence-electron chi connectivity index (χ2n) is 4.86. The van der Waals surface area contributed by atoms with Crippen LogP contribution in [0, 0.1) is 5.92 Å². The zero-order valence-electron chi connectivity index (χ0n) is 9.76. The maximum Gasteiger partial charge on any atom is 0.323 e. The van der Waals surface area contributed by atoms with Crippen LogP contribution in [0.3, 0.4) is 0 Å². The highest BCUT2D eigenvalue weighted by Crippen LogP contribution is 2.51. The Kier molecular flexibility index (Phi) is 2.62. The van der Waals surface area contributed by atoms with E-state index in [9.17, 15) is 4.79 Å². The molecule has 3 nitrogen and oxygen atoms in total. The van der Waals surface area contributed by atoms with Crippen molar-refractivity contribution in [1.29, 1.82) is 0 Å². The molecule has 0 aromatic carbocycles. The smallest absolute Gasteiger partial charge is 0.323 e. The molecule has 0 amide bonds. The molecular weight excluding hydrogens is 234 g/mol. The van der Waals surface area contributed by atoms with E-state index in [1.807, 2.05) is 25.1 Å². The van der Waals surface area contributed by atoms with Crippen LogP contribution in [0.5, 0.6) is 0 Å². The Morgan fingerprint density at radius 1 is 1.47 bits per heavy atom. The van der Waals surface area contributed by atoms with Gasteiger partial charge in [0.1, 0.15) is 10.9 Å². The SMILES string of the molecule is C[C@@]1(Sc2ccccn2)C(=O)O[C@H]2CCC[C@H]21. The molecule has 1 aromatic rings. The number of hydrogen-bond acceptors (Lipinski definition) is 4. The first kappa shape index (κ1) is 11.1. The molecule has 1 aliphatic heterocycles. The molecule has 90 valence electrons. The number of thioether (sulfide) groups is 1. The molecule has 1 saturated heterocycles. The van der Waals surface area contributed by atoms with Crippen LogP contribution >= 0.6 is 11.8 Å². The maximum atomic E-state index is 12.0. The summed E-state index contributed by atoms with van der Waals surface area (Å²) in [6.45, 7) is 2.00. The number of aromatic nitrogens is 1. The van der Waals surface area contributed by atoms with Crippen LogP contribution < -0.4 is 0 Å². The van der Waals surface area contributed by atoms with Crippen molar-refractivity contribution >= 4 is 17.7 Å². The van der Waals surface area contributed by atoms with Gasteiger partial charge < -0.3 is 4.74 Å². The van der Waals surface area contributed by atoms with Crippen LogP contribution in [-0.4, -0.2) is 21.8 Å². The highest BCUT2D eigenvalue weighted by Gasteiger charge is 2.56. The van der Waals surface area contributed by atoms with Crippen molar-refractivity contribution in [2.45, 2.75) is 42.1 Å². The first-order chi connectivity index (χ1) is 8.20. The van der Waals surface area contributed by atoms with E-state index in [-0.39, 0.29) is 12.1 Å². The molecule has 0 spiro atoms. The lowest BCUT2D eigenvalue weighted by Crippen LogP contribution is -2.33. The van der Waals surface area contributed by atoms with Crippen LogP contribution in [0.4, 0.5) is 0 Å². The predicted octanol–water partition coefficient (Wildman–Crippen LogP) is 2.66. The van der Waals surface area contributed by atoms with Gasteiger partial charge in [0.05, 0.1) is 5.03 Å². The number of carbonyl (C=O) groups excluding carboxylic acids is 1. The van der Waals surface area contributed by atoms with Crippen molar-refractivity contribution in [3.8, 4) is 0 Å². The van der Waals surface area contributed by atoms with E-state index in [1.165, 1.54) is 6.42 Å². The fourth-order valence-electron chi connectivity index (χ4n) is 2.85. The molecule has 0 N–H and O–H groups in total. The monoisotopic (exact) mass is 249 g/mol. The third-order valence-electron chi connectivity index (χ3n) is 3.78. The highest BCUT2D eigenvalue weighted by atomic mass is 32.2. The average molecular weight is 249 g/mol. The first-order valence-corrected chi connectivity index (χ1v) is 6.83. The number of ether oxygens (including phenoxy) is 1. The lowest BCUT2D eigenvalue weighted by molar-refractivity contribution is -0.143. The van der Waals surface area contributed by atoms with E-state index in [0.29, 0.717) is 5.92 Å². The van der Waals surface area contributed by atoms with Crippen LogP contribution in [0.25, 0.3) is 0 Å². The van der Waals surface area contributed by atoms with Crippen molar-refractivity contribution in [3.63, 3.8) is 0 Å². The molecule has 1 aliphatic carbocycles. The largest absolute Gasteiger partial charge is 0.461 e. The molecule has 4 heteroatoms. The second-order valence-corrected chi connectivity index (χ2v) is 6.33. The van der Waals surface area contributed by atoms with Crippen LogP contribution in [0.1, 0.15) is 26.2 Å². The van der Waals surface area contributed by atoms with E-state index >= 15 is 0 Å². The summed E-state index contributed by atoms with van der Waals surface area (Å²) in [7, 11) is 0. The molecule has 17 heavy (non-hydrogen) atoms. The second kappa shape index (κ2) is 4.02.